The molecule has 2 aromatic carbocycles. The summed E-state index contributed by atoms with van der Waals surface area (Å²) in [5.74, 6) is 0.800. The summed E-state index contributed by atoms with van der Waals surface area (Å²) in [6.45, 7) is 1.33. The predicted molar refractivity (Wildman–Crippen MR) is 84.0 cm³/mol. The van der Waals surface area contributed by atoms with Crippen molar-refractivity contribution in [3.05, 3.63) is 42.0 Å². The van der Waals surface area contributed by atoms with Crippen molar-refractivity contribution in [2.24, 2.45) is 0 Å². The van der Waals surface area contributed by atoms with E-state index in [1.807, 2.05) is 43.4 Å². The molecule has 0 unspecified atom stereocenters. The summed E-state index contributed by atoms with van der Waals surface area (Å²) in [5, 5.41) is 1.87. The average Bonchev–Trinajstić information content (AvgIpc) is 2.53. The monoisotopic (exact) mass is 287 g/mol. The summed E-state index contributed by atoms with van der Waals surface area (Å²) in [6.07, 6.45) is 0.826. The zero-order valence-corrected chi connectivity index (χ0v) is 12.8. The smallest absolute Gasteiger partial charge is 0.254 e. The molecule has 0 aromatic heterocycles. The number of carbonyl (C=O) groups excluding carboxylic acids is 1. The van der Waals surface area contributed by atoms with E-state index >= 15 is 0 Å². The quantitative estimate of drug-likeness (QED) is 0.767. The third-order valence-corrected chi connectivity index (χ3v) is 3.52. The molecule has 0 fully saturated rings. The fourth-order valence-electron chi connectivity index (χ4n) is 2.39. The topological polar surface area (TPSA) is 38.8 Å². The third kappa shape index (κ3) is 3.34. The Hall–Kier alpha value is -2.07. The summed E-state index contributed by atoms with van der Waals surface area (Å²) < 4.78 is 10.4. The molecule has 0 N–H and O–H groups in total. The Balaban J connectivity index is 2.31. The summed E-state index contributed by atoms with van der Waals surface area (Å²) in [4.78, 5) is 14.3. The molecule has 0 saturated carbocycles. The van der Waals surface area contributed by atoms with Crippen LogP contribution in [0.15, 0.2) is 36.4 Å². The van der Waals surface area contributed by atoms with Crippen LogP contribution in [0.2, 0.25) is 0 Å². The van der Waals surface area contributed by atoms with Gasteiger partial charge >= 0.3 is 0 Å². The first kappa shape index (κ1) is 15.3. The Morgan fingerprint density at radius 1 is 1.10 bits per heavy atom. The van der Waals surface area contributed by atoms with Crippen molar-refractivity contribution in [3.8, 4) is 5.75 Å². The second-order valence-electron chi connectivity index (χ2n) is 4.93. The first-order valence-electron chi connectivity index (χ1n) is 6.99. The van der Waals surface area contributed by atoms with Crippen LogP contribution in [0.5, 0.6) is 5.75 Å². The highest BCUT2D eigenvalue weighted by atomic mass is 16.5. The van der Waals surface area contributed by atoms with E-state index in [1.165, 1.54) is 0 Å². The van der Waals surface area contributed by atoms with Crippen LogP contribution in [0, 0.1) is 0 Å². The van der Waals surface area contributed by atoms with Gasteiger partial charge in [-0.2, -0.15) is 0 Å². The minimum absolute atomic E-state index is 0.0185. The molecule has 0 aliphatic carbocycles. The van der Waals surface area contributed by atoms with Gasteiger partial charge in [-0.1, -0.05) is 24.3 Å². The molecule has 0 aliphatic rings. The van der Waals surface area contributed by atoms with Gasteiger partial charge in [-0.05, 0) is 23.9 Å². The van der Waals surface area contributed by atoms with Crippen LogP contribution in [-0.2, 0) is 4.74 Å². The molecule has 0 saturated heterocycles. The number of hydrogen-bond donors (Lipinski definition) is 0. The van der Waals surface area contributed by atoms with Gasteiger partial charge in [-0.25, -0.2) is 0 Å². The SMILES string of the molecule is COCCCN(C)C(=O)c1ccc(OC)c2ccccc12. The molecule has 0 aliphatic heterocycles. The van der Waals surface area contributed by atoms with E-state index in [2.05, 4.69) is 0 Å². The van der Waals surface area contributed by atoms with Crippen LogP contribution in [0.3, 0.4) is 0 Å². The number of ether oxygens (including phenoxy) is 2. The standard InChI is InChI=1S/C17H21NO3/c1-18(11-6-12-20-2)17(19)15-9-10-16(21-3)14-8-5-4-7-13(14)15/h4-5,7-10H,6,11-12H2,1-3H3. The van der Waals surface area contributed by atoms with Gasteiger partial charge in [0.1, 0.15) is 5.75 Å². The zero-order valence-electron chi connectivity index (χ0n) is 12.8. The molecule has 0 spiro atoms. The fourth-order valence-corrected chi connectivity index (χ4v) is 2.39. The first-order valence-corrected chi connectivity index (χ1v) is 6.99. The molecule has 4 nitrogen and oxygen atoms in total. The molecule has 0 radical (unpaired) electrons. The lowest BCUT2D eigenvalue weighted by Gasteiger charge is -2.18. The number of fused-ring (bicyclic) bond motifs is 1. The second kappa shape index (κ2) is 7.09. The molecule has 0 bridgehead atoms. The van der Waals surface area contributed by atoms with Crippen LogP contribution < -0.4 is 4.74 Å². The van der Waals surface area contributed by atoms with Gasteiger partial charge < -0.3 is 14.4 Å². The highest BCUT2D eigenvalue weighted by molar-refractivity contribution is 6.08. The summed E-state index contributed by atoms with van der Waals surface area (Å²) in [5.41, 5.74) is 0.700. The van der Waals surface area contributed by atoms with Gasteiger partial charge in [-0.15, -0.1) is 0 Å². The van der Waals surface area contributed by atoms with E-state index in [4.69, 9.17) is 9.47 Å². The van der Waals surface area contributed by atoms with Crippen molar-refractivity contribution >= 4 is 16.7 Å². The van der Waals surface area contributed by atoms with E-state index in [0.717, 1.165) is 22.9 Å². The number of hydrogen-bond acceptors (Lipinski definition) is 3. The lowest BCUT2D eigenvalue weighted by Crippen LogP contribution is -2.28. The van der Waals surface area contributed by atoms with Crippen LogP contribution in [0.1, 0.15) is 16.8 Å². The van der Waals surface area contributed by atoms with Gasteiger partial charge in [0.2, 0.25) is 0 Å². The second-order valence-corrected chi connectivity index (χ2v) is 4.93. The summed E-state index contributed by atoms with van der Waals surface area (Å²) in [7, 11) is 5.12. The molecule has 0 heterocycles. The number of nitrogens with zero attached hydrogens (tertiary/aromatic N) is 1. The lowest BCUT2D eigenvalue weighted by molar-refractivity contribution is 0.0781. The van der Waals surface area contributed by atoms with Gasteiger partial charge in [0.15, 0.2) is 0 Å². The summed E-state index contributed by atoms with van der Waals surface area (Å²) in [6, 6.07) is 11.5. The number of carbonyl (C=O) groups is 1. The normalized spacial score (nSPS) is 10.6. The number of amides is 1. The largest absolute Gasteiger partial charge is 0.496 e. The Labute approximate surface area is 125 Å². The maximum Gasteiger partial charge on any atom is 0.254 e. The Morgan fingerprint density at radius 3 is 2.48 bits per heavy atom. The van der Waals surface area contributed by atoms with Gasteiger partial charge in [0.05, 0.1) is 7.11 Å². The van der Waals surface area contributed by atoms with E-state index in [-0.39, 0.29) is 5.91 Å². The van der Waals surface area contributed by atoms with Crippen LogP contribution >= 0.6 is 0 Å². The Bertz CT molecular complexity index is 624. The molecule has 21 heavy (non-hydrogen) atoms. The van der Waals surface area contributed by atoms with Gasteiger partial charge in [0.25, 0.3) is 5.91 Å². The van der Waals surface area contributed by atoms with E-state index < -0.39 is 0 Å². The van der Waals surface area contributed by atoms with Crippen LogP contribution in [-0.4, -0.2) is 45.2 Å². The highest BCUT2D eigenvalue weighted by Gasteiger charge is 2.16. The zero-order chi connectivity index (χ0) is 15.2. The average molecular weight is 287 g/mol. The number of benzene rings is 2. The van der Waals surface area contributed by atoms with Gasteiger partial charge in [-0.3, -0.25) is 4.79 Å². The molecule has 0 atom stereocenters. The maximum absolute atomic E-state index is 12.6. The van der Waals surface area contributed by atoms with Crippen molar-refractivity contribution in [1.29, 1.82) is 0 Å². The van der Waals surface area contributed by atoms with Crippen molar-refractivity contribution in [3.63, 3.8) is 0 Å². The maximum atomic E-state index is 12.6. The van der Waals surface area contributed by atoms with Crippen LogP contribution in [0.25, 0.3) is 10.8 Å². The van der Waals surface area contributed by atoms with Crippen LogP contribution in [0.4, 0.5) is 0 Å². The minimum Gasteiger partial charge on any atom is -0.496 e. The molecule has 4 heteroatoms. The van der Waals surface area contributed by atoms with Crippen molar-refractivity contribution in [2.75, 3.05) is 34.4 Å². The lowest BCUT2D eigenvalue weighted by atomic mass is 10.0. The number of rotatable bonds is 6. The third-order valence-electron chi connectivity index (χ3n) is 3.52. The highest BCUT2D eigenvalue weighted by Crippen LogP contribution is 2.28. The molecular weight excluding hydrogens is 266 g/mol. The van der Waals surface area contributed by atoms with E-state index in [1.54, 1.807) is 19.1 Å². The number of methoxy groups -OCH3 is 2. The summed E-state index contributed by atoms with van der Waals surface area (Å²) >= 11 is 0. The molecule has 1 amide bonds. The fraction of sp³-hybridized carbons (Fsp3) is 0.353. The van der Waals surface area contributed by atoms with E-state index in [9.17, 15) is 4.79 Å². The van der Waals surface area contributed by atoms with Crippen molar-refractivity contribution in [1.82, 2.24) is 4.90 Å². The van der Waals surface area contributed by atoms with Crippen molar-refractivity contribution in [2.45, 2.75) is 6.42 Å². The predicted octanol–water partition coefficient (Wildman–Crippen LogP) is 2.96. The van der Waals surface area contributed by atoms with Gasteiger partial charge in [0, 0.05) is 38.3 Å². The Morgan fingerprint density at radius 2 is 1.81 bits per heavy atom. The molecular formula is C17H21NO3. The molecule has 2 rings (SSSR count). The molecule has 112 valence electrons. The van der Waals surface area contributed by atoms with E-state index in [0.29, 0.717) is 18.7 Å². The molecule has 2 aromatic rings. The van der Waals surface area contributed by atoms with Crippen molar-refractivity contribution < 1.29 is 14.3 Å². The Kier molecular flexibility index (Phi) is 5.17. The first-order chi connectivity index (χ1) is 10.2. The minimum atomic E-state index is 0.0185.